The number of para-hydroxylation sites is 1. The number of rotatable bonds is 3. The normalized spacial score (nSPS) is 21.0. The minimum atomic E-state index is 0.498. The van der Waals surface area contributed by atoms with E-state index >= 15 is 0 Å². The summed E-state index contributed by atoms with van der Waals surface area (Å²) in [5.41, 5.74) is 2.62. The third-order valence-electron chi connectivity index (χ3n) is 5.13. The van der Waals surface area contributed by atoms with Crippen molar-refractivity contribution in [1.82, 2.24) is 4.90 Å². The summed E-state index contributed by atoms with van der Waals surface area (Å²) in [6, 6.07) is 17.3. The first-order valence-corrected chi connectivity index (χ1v) is 8.67. The van der Waals surface area contributed by atoms with Crippen LogP contribution in [0.15, 0.2) is 48.5 Å². The predicted octanol–water partition coefficient (Wildman–Crippen LogP) is 2.82. The first-order chi connectivity index (χ1) is 11.8. The molecule has 4 heteroatoms. The van der Waals surface area contributed by atoms with Gasteiger partial charge >= 0.3 is 0 Å². The number of hydrogen-bond donors (Lipinski definition) is 0. The molecule has 0 N–H and O–H groups in total. The lowest BCUT2D eigenvalue weighted by atomic mass is 10.0. The van der Waals surface area contributed by atoms with Crippen molar-refractivity contribution in [3.05, 3.63) is 54.1 Å². The van der Waals surface area contributed by atoms with Crippen LogP contribution in [-0.4, -0.2) is 50.8 Å². The van der Waals surface area contributed by atoms with Crippen LogP contribution in [0.5, 0.6) is 11.5 Å². The Morgan fingerprint density at radius 3 is 2.46 bits per heavy atom. The largest absolute Gasteiger partial charge is 0.497 e. The fraction of sp³-hybridized carbons (Fsp3) is 0.400. The minimum absolute atomic E-state index is 0.498. The number of piperazine rings is 1. The summed E-state index contributed by atoms with van der Waals surface area (Å²) in [6.07, 6.45) is 1.10. The number of hydrogen-bond acceptors (Lipinski definition) is 4. The molecule has 1 atom stereocenters. The fourth-order valence-corrected chi connectivity index (χ4v) is 3.68. The molecule has 0 bridgehead atoms. The molecule has 0 radical (unpaired) electrons. The molecule has 126 valence electrons. The van der Waals surface area contributed by atoms with Crippen molar-refractivity contribution in [3.8, 4) is 11.5 Å². The van der Waals surface area contributed by atoms with Crippen LogP contribution in [0.25, 0.3) is 0 Å². The molecule has 0 aliphatic carbocycles. The van der Waals surface area contributed by atoms with Gasteiger partial charge in [-0.15, -0.1) is 0 Å². The van der Waals surface area contributed by atoms with Crippen molar-refractivity contribution in [2.45, 2.75) is 12.5 Å². The lowest BCUT2D eigenvalue weighted by molar-refractivity contribution is 0.113. The van der Waals surface area contributed by atoms with Gasteiger partial charge in [-0.2, -0.15) is 0 Å². The highest BCUT2D eigenvalue weighted by molar-refractivity contribution is 5.49. The maximum absolute atomic E-state index is 5.96. The zero-order valence-electron chi connectivity index (χ0n) is 14.1. The Morgan fingerprint density at radius 2 is 1.71 bits per heavy atom. The SMILES string of the molecule is COc1ccc(N2CCN([C@@H]3COc4ccccc4C3)CC2)cc1. The van der Waals surface area contributed by atoms with Gasteiger partial charge in [-0.25, -0.2) is 0 Å². The van der Waals surface area contributed by atoms with E-state index in [4.69, 9.17) is 9.47 Å². The first-order valence-electron chi connectivity index (χ1n) is 8.67. The quantitative estimate of drug-likeness (QED) is 0.867. The van der Waals surface area contributed by atoms with Crippen LogP contribution in [0.3, 0.4) is 0 Å². The first kappa shape index (κ1) is 15.3. The Bertz CT molecular complexity index is 678. The van der Waals surface area contributed by atoms with Crippen LogP contribution in [0.4, 0.5) is 5.69 Å². The Hall–Kier alpha value is -2.20. The molecule has 4 rings (SSSR count). The van der Waals surface area contributed by atoms with Crippen molar-refractivity contribution in [2.75, 3.05) is 44.8 Å². The molecule has 0 saturated carbocycles. The maximum atomic E-state index is 5.96. The molecule has 4 nitrogen and oxygen atoms in total. The van der Waals surface area contributed by atoms with Gasteiger partial charge < -0.3 is 14.4 Å². The number of anilines is 1. The van der Waals surface area contributed by atoms with E-state index in [1.54, 1.807) is 7.11 Å². The zero-order valence-corrected chi connectivity index (χ0v) is 14.1. The van der Waals surface area contributed by atoms with E-state index in [2.05, 4.69) is 40.1 Å². The molecule has 2 aromatic carbocycles. The van der Waals surface area contributed by atoms with Crippen molar-refractivity contribution in [3.63, 3.8) is 0 Å². The van der Waals surface area contributed by atoms with Crippen LogP contribution in [0, 0.1) is 0 Å². The standard InChI is InChI=1S/C20H24N2O2/c1-23-19-8-6-17(7-9-19)21-10-12-22(13-11-21)18-14-16-4-2-3-5-20(16)24-15-18/h2-9,18H,10-15H2,1H3/t18-/m0/s1. The molecule has 0 unspecified atom stereocenters. The Balaban J connectivity index is 1.36. The van der Waals surface area contributed by atoms with Crippen LogP contribution < -0.4 is 14.4 Å². The van der Waals surface area contributed by atoms with Crippen molar-refractivity contribution in [1.29, 1.82) is 0 Å². The Morgan fingerprint density at radius 1 is 0.958 bits per heavy atom. The molecule has 2 aromatic rings. The summed E-state index contributed by atoms with van der Waals surface area (Å²) in [4.78, 5) is 5.03. The van der Waals surface area contributed by atoms with Gasteiger partial charge in [-0.05, 0) is 42.3 Å². The number of nitrogens with zero attached hydrogens (tertiary/aromatic N) is 2. The van der Waals surface area contributed by atoms with Crippen LogP contribution in [0.1, 0.15) is 5.56 Å². The van der Waals surface area contributed by atoms with E-state index in [-0.39, 0.29) is 0 Å². The lowest BCUT2D eigenvalue weighted by Gasteiger charge is -2.41. The average Bonchev–Trinajstić information content (AvgIpc) is 2.68. The molecule has 1 fully saturated rings. The van der Waals surface area contributed by atoms with Gasteiger partial charge in [0.05, 0.1) is 7.11 Å². The zero-order chi connectivity index (χ0) is 16.4. The Labute approximate surface area is 143 Å². The smallest absolute Gasteiger partial charge is 0.122 e. The maximum Gasteiger partial charge on any atom is 0.122 e. The van der Waals surface area contributed by atoms with Gasteiger partial charge in [-0.3, -0.25) is 4.90 Å². The van der Waals surface area contributed by atoms with E-state index in [1.165, 1.54) is 11.3 Å². The molecule has 2 aliphatic heterocycles. The van der Waals surface area contributed by atoms with Gasteiger partial charge in [0, 0.05) is 37.9 Å². The van der Waals surface area contributed by atoms with E-state index in [9.17, 15) is 0 Å². The fourth-order valence-electron chi connectivity index (χ4n) is 3.68. The highest BCUT2D eigenvalue weighted by Gasteiger charge is 2.28. The molecule has 1 saturated heterocycles. The van der Waals surface area contributed by atoms with Crippen molar-refractivity contribution < 1.29 is 9.47 Å². The summed E-state index contributed by atoms with van der Waals surface area (Å²) in [6.45, 7) is 5.10. The minimum Gasteiger partial charge on any atom is -0.497 e. The van der Waals surface area contributed by atoms with Crippen LogP contribution in [0.2, 0.25) is 0 Å². The van der Waals surface area contributed by atoms with Gasteiger partial charge in [0.15, 0.2) is 0 Å². The van der Waals surface area contributed by atoms with E-state index in [0.717, 1.165) is 50.7 Å². The predicted molar refractivity (Wildman–Crippen MR) is 96.2 cm³/mol. The molecule has 0 amide bonds. The molecular weight excluding hydrogens is 300 g/mol. The Kier molecular flexibility index (Phi) is 4.30. The average molecular weight is 324 g/mol. The molecule has 24 heavy (non-hydrogen) atoms. The molecule has 2 aliphatic rings. The second-order valence-corrected chi connectivity index (χ2v) is 6.50. The molecule has 2 heterocycles. The second-order valence-electron chi connectivity index (χ2n) is 6.50. The lowest BCUT2D eigenvalue weighted by Crippen LogP contribution is -2.53. The third-order valence-corrected chi connectivity index (χ3v) is 5.13. The summed E-state index contributed by atoms with van der Waals surface area (Å²) < 4.78 is 11.2. The number of fused-ring (bicyclic) bond motifs is 1. The number of benzene rings is 2. The van der Waals surface area contributed by atoms with E-state index < -0.39 is 0 Å². The highest BCUT2D eigenvalue weighted by Crippen LogP contribution is 2.27. The second kappa shape index (κ2) is 6.73. The van der Waals surface area contributed by atoms with Gasteiger partial charge in [0.25, 0.3) is 0 Å². The molecular formula is C20H24N2O2. The van der Waals surface area contributed by atoms with Gasteiger partial charge in [-0.1, -0.05) is 18.2 Å². The summed E-state index contributed by atoms with van der Waals surface area (Å²) in [5, 5.41) is 0. The van der Waals surface area contributed by atoms with Crippen LogP contribution >= 0.6 is 0 Å². The highest BCUT2D eigenvalue weighted by atomic mass is 16.5. The van der Waals surface area contributed by atoms with E-state index in [0.29, 0.717) is 6.04 Å². The van der Waals surface area contributed by atoms with Crippen molar-refractivity contribution >= 4 is 5.69 Å². The van der Waals surface area contributed by atoms with Gasteiger partial charge in [0.1, 0.15) is 18.1 Å². The van der Waals surface area contributed by atoms with Crippen molar-refractivity contribution in [2.24, 2.45) is 0 Å². The summed E-state index contributed by atoms with van der Waals surface area (Å²) >= 11 is 0. The molecule has 0 spiro atoms. The number of ether oxygens (including phenoxy) is 2. The van der Waals surface area contributed by atoms with Crippen LogP contribution in [-0.2, 0) is 6.42 Å². The van der Waals surface area contributed by atoms with E-state index in [1.807, 2.05) is 18.2 Å². The summed E-state index contributed by atoms with van der Waals surface area (Å²) in [5.74, 6) is 1.97. The monoisotopic (exact) mass is 324 g/mol. The topological polar surface area (TPSA) is 24.9 Å². The molecule has 0 aromatic heterocycles. The summed E-state index contributed by atoms with van der Waals surface area (Å²) in [7, 11) is 1.71. The third kappa shape index (κ3) is 3.06. The number of methoxy groups -OCH3 is 1. The van der Waals surface area contributed by atoms with Gasteiger partial charge in [0.2, 0.25) is 0 Å².